The van der Waals surface area contributed by atoms with E-state index in [0.717, 1.165) is 17.2 Å². The number of nitrogens with zero attached hydrogens (tertiary/aromatic N) is 2. The Bertz CT molecular complexity index is 948. The van der Waals surface area contributed by atoms with Gasteiger partial charge >= 0.3 is 0 Å². The number of fused-ring (bicyclic) bond motifs is 1. The SMILES string of the molecule is O=C(NCCC1COc2ccccc2O1)c1ccc(NCc2ccccn2)nc1. The van der Waals surface area contributed by atoms with Gasteiger partial charge in [0.1, 0.15) is 18.5 Å². The van der Waals surface area contributed by atoms with Gasteiger partial charge in [0.2, 0.25) is 0 Å². The van der Waals surface area contributed by atoms with Gasteiger partial charge in [-0.3, -0.25) is 9.78 Å². The van der Waals surface area contributed by atoms with Crippen molar-refractivity contribution in [3.8, 4) is 11.5 Å². The minimum absolute atomic E-state index is 0.0819. The first-order valence-corrected chi connectivity index (χ1v) is 9.54. The molecule has 1 amide bonds. The van der Waals surface area contributed by atoms with Crippen LogP contribution in [0.1, 0.15) is 22.5 Å². The van der Waals surface area contributed by atoms with Crippen LogP contribution in [0.5, 0.6) is 11.5 Å². The van der Waals surface area contributed by atoms with E-state index in [4.69, 9.17) is 9.47 Å². The molecule has 0 fully saturated rings. The van der Waals surface area contributed by atoms with Crippen molar-refractivity contribution >= 4 is 11.7 Å². The number of hydrogen-bond acceptors (Lipinski definition) is 6. The van der Waals surface area contributed by atoms with Gasteiger partial charge in [-0.05, 0) is 36.4 Å². The molecule has 3 heterocycles. The van der Waals surface area contributed by atoms with E-state index in [1.165, 1.54) is 0 Å². The van der Waals surface area contributed by atoms with Gasteiger partial charge in [-0.25, -0.2) is 4.98 Å². The van der Waals surface area contributed by atoms with Crippen LogP contribution in [0.15, 0.2) is 67.0 Å². The van der Waals surface area contributed by atoms with Crippen LogP contribution in [0.4, 0.5) is 5.82 Å². The van der Waals surface area contributed by atoms with Crippen LogP contribution >= 0.6 is 0 Å². The first kappa shape index (κ1) is 18.7. The summed E-state index contributed by atoms with van der Waals surface area (Å²) in [7, 11) is 0. The lowest BCUT2D eigenvalue weighted by atomic mass is 10.2. The maximum absolute atomic E-state index is 12.3. The number of amides is 1. The van der Waals surface area contributed by atoms with E-state index in [0.29, 0.717) is 37.5 Å². The standard InChI is InChI=1S/C22H22N4O3/c27-22(24-12-10-18-15-28-19-6-1-2-7-20(19)29-18)16-8-9-21(25-13-16)26-14-17-5-3-4-11-23-17/h1-9,11,13,18H,10,12,14-15H2,(H,24,27)(H,25,26). The first-order chi connectivity index (χ1) is 14.3. The molecular formula is C22H22N4O3. The number of nitrogens with one attached hydrogen (secondary N) is 2. The quantitative estimate of drug-likeness (QED) is 0.645. The molecule has 0 saturated heterocycles. The number of carbonyl (C=O) groups excluding carboxylic acids is 1. The molecule has 2 N–H and O–H groups in total. The normalized spacial score (nSPS) is 14.8. The monoisotopic (exact) mass is 390 g/mol. The average Bonchev–Trinajstić information content (AvgIpc) is 2.78. The Labute approximate surface area is 169 Å². The van der Waals surface area contributed by atoms with Crippen molar-refractivity contribution in [2.45, 2.75) is 19.1 Å². The van der Waals surface area contributed by atoms with Gasteiger partial charge in [0, 0.05) is 25.4 Å². The third-order valence-corrected chi connectivity index (χ3v) is 4.52. The van der Waals surface area contributed by atoms with Crippen molar-refractivity contribution in [1.82, 2.24) is 15.3 Å². The summed E-state index contributed by atoms with van der Waals surface area (Å²) in [4.78, 5) is 20.9. The Morgan fingerprint density at radius 3 is 2.69 bits per heavy atom. The number of ether oxygens (including phenoxy) is 2. The highest BCUT2D eigenvalue weighted by Gasteiger charge is 2.20. The number of pyridine rings is 2. The molecule has 4 rings (SSSR count). The zero-order chi connectivity index (χ0) is 19.9. The van der Waals surface area contributed by atoms with Crippen LogP contribution in [-0.4, -0.2) is 35.1 Å². The molecule has 29 heavy (non-hydrogen) atoms. The summed E-state index contributed by atoms with van der Waals surface area (Å²) in [6.45, 7) is 1.55. The fourth-order valence-electron chi connectivity index (χ4n) is 2.97. The first-order valence-electron chi connectivity index (χ1n) is 9.54. The predicted molar refractivity (Wildman–Crippen MR) is 109 cm³/mol. The molecule has 1 unspecified atom stereocenters. The smallest absolute Gasteiger partial charge is 0.252 e. The Balaban J connectivity index is 1.22. The summed E-state index contributed by atoms with van der Waals surface area (Å²) in [6.07, 6.45) is 3.90. The third-order valence-electron chi connectivity index (χ3n) is 4.52. The van der Waals surface area contributed by atoms with E-state index in [1.54, 1.807) is 24.5 Å². The lowest BCUT2D eigenvalue weighted by Crippen LogP contribution is -2.34. The second-order valence-electron chi connectivity index (χ2n) is 6.65. The Morgan fingerprint density at radius 1 is 1.03 bits per heavy atom. The Morgan fingerprint density at radius 2 is 1.90 bits per heavy atom. The summed E-state index contributed by atoms with van der Waals surface area (Å²) in [5, 5.41) is 6.09. The minimum Gasteiger partial charge on any atom is -0.486 e. The van der Waals surface area contributed by atoms with Crippen molar-refractivity contribution in [3.63, 3.8) is 0 Å². The van der Waals surface area contributed by atoms with E-state index in [9.17, 15) is 4.79 Å². The third kappa shape index (κ3) is 5.01. The van der Waals surface area contributed by atoms with Crippen LogP contribution < -0.4 is 20.1 Å². The second-order valence-corrected chi connectivity index (χ2v) is 6.65. The summed E-state index contributed by atoms with van der Waals surface area (Å²) < 4.78 is 11.6. The summed E-state index contributed by atoms with van der Waals surface area (Å²) >= 11 is 0. The van der Waals surface area contributed by atoms with Crippen LogP contribution in [0.3, 0.4) is 0 Å². The number of carbonyl (C=O) groups is 1. The molecule has 7 nitrogen and oxygen atoms in total. The molecule has 0 radical (unpaired) electrons. The van der Waals surface area contributed by atoms with E-state index in [2.05, 4.69) is 20.6 Å². The molecular weight excluding hydrogens is 368 g/mol. The molecule has 148 valence electrons. The molecule has 1 aromatic carbocycles. The molecule has 1 aliphatic rings. The van der Waals surface area contributed by atoms with Gasteiger partial charge in [0.15, 0.2) is 11.5 Å². The summed E-state index contributed by atoms with van der Waals surface area (Å²) in [5.74, 6) is 2.04. The van der Waals surface area contributed by atoms with Crippen LogP contribution in [0, 0.1) is 0 Å². The molecule has 7 heteroatoms. The highest BCUT2D eigenvalue weighted by molar-refractivity contribution is 5.94. The fraction of sp³-hybridized carbons (Fsp3) is 0.227. The van der Waals surface area contributed by atoms with E-state index in [1.807, 2.05) is 42.5 Å². The van der Waals surface area contributed by atoms with E-state index < -0.39 is 0 Å². The summed E-state index contributed by atoms with van der Waals surface area (Å²) in [5.41, 5.74) is 1.44. The van der Waals surface area contributed by atoms with Gasteiger partial charge in [-0.1, -0.05) is 18.2 Å². The average molecular weight is 390 g/mol. The zero-order valence-corrected chi connectivity index (χ0v) is 15.9. The van der Waals surface area contributed by atoms with Gasteiger partial charge in [-0.2, -0.15) is 0 Å². The van der Waals surface area contributed by atoms with Crippen molar-refractivity contribution in [1.29, 1.82) is 0 Å². The molecule has 0 bridgehead atoms. The second kappa shape index (κ2) is 9.05. The fourth-order valence-corrected chi connectivity index (χ4v) is 2.97. The number of aromatic nitrogens is 2. The van der Waals surface area contributed by atoms with Gasteiger partial charge in [0.05, 0.1) is 17.8 Å². The lowest BCUT2D eigenvalue weighted by Gasteiger charge is -2.26. The number of para-hydroxylation sites is 2. The van der Waals surface area contributed by atoms with Gasteiger partial charge < -0.3 is 20.1 Å². The predicted octanol–water partition coefficient (Wildman–Crippen LogP) is 3.05. The molecule has 0 spiro atoms. The molecule has 0 saturated carbocycles. The topological polar surface area (TPSA) is 85.4 Å². The number of benzene rings is 1. The maximum atomic E-state index is 12.3. The maximum Gasteiger partial charge on any atom is 0.252 e. The van der Waals surface area contributed by atoms with Crippen LogP contribution in [-0.2, 0) is 6.54 Å². The van der Waals surface area contributed by atoms with Gasteiger partial charge in [0.25, 0.3) is 5.91 Å². The van der Waals surface area contributed by atoms with Crippen LogP contribution in [0.2, 0.25) is 0 Å². The number of hydrogen-bond donors (Lipinski definition) is 2. The Hall–Kier alpha value is -3.61. The van der Waals surface area contributed by atoms with E-state index in [-0.39, 0.29) is 12.0 Å². The number of rotatable bonds is 7. The van der Waals surface area contributed by atoms with Crippen LogP contribution in [0.25, 0.3) is 0 Å². The highest BCUT2D eigenvalue weighted by Crippen LogP contribution is 2.31. The molecule has 1 atom stereocenters. The highest BCUT2D eigenvalue weighted by atomic mass is 16.6. The minimum atomic E-state index is -0.161. The van der Waals surface area contributed by atoms with Crippen molar-refractivity contribution in [2.24, 2.45) is 0 Å². The molecule has 3 aromatic rings. The molecule has 2 aromatic heterocycles. The largest absolute Gasteiger partial charge is 0.486 e. The van der Waals surface area contributed by atoms with E-state index >= 15 is 0 Å². The molecule has 1 aliphatic heterocycles. The number of anilines is 1. The van der Waals surface area contributed by atoms with Crippen molar-refractivity contribution in [2.75, 3.05) is 18.5 Å². The molecule has 0 aliphatic carbocycles. The Kier molecular flexibility index (Phi) is 5.85. The van der Waals surface area contributed by atoms with Gasteiger partial charge in [-0.15, -0.1) is 0 Å². The zero-order valence-electron chi connectivity index (χ0n) is 15.9. The van der Waals surface area contributed by atoms with Crippen molar-refractivity contribution in [3.05, 3.63) is 78.2 Å². The van der Waals surface area contributed by atoms with Crippen molar-refractivity contribution < 1.29 is 14.3 Å². The summed E-state index contributed by atoms with van der Waals surface area (Å²) in [6, 6.07) is 16.9. The lowest BCUT2D eigenvalue weighted by molar-refractivity contribution is 0.0812.